The van der Waals surface area contributed by atoms with E-state index in [9.17, 15) is 13.2 Å². The fourth-order valence-electron chi connectivity index (χ4n) is 1.92. The molecule has 5 nitrogen and oxygen atoms in total. The lowest BCUT2D eigenvalue weighted by atomic mass is 10.2. The summed E-state index contributed by atoms with van der Waals surface area (Å²) in [7, 11) is -3.90. The monoisotopic (exact) mass is 353 g/mol. The molecule has 1 rings (SSSR count). The van der Waals surface area contributed by atoms with Gasteiger partial charge in [-0.2, -0.15) is 4.31 Å². The molecular weight excluding hydrogens is 337 g/mol. The van der Waals surface area contributed by atoms with Crippen LogP contribution in [0.5, 0.6) is 0 Å². The first-order chi connectivity index (χ1) is 9.62. The van der Waals surface area contributed by atoms with Crippen molar-refractivity contribution >= 4 is 39.2 Å². The average molecular weight is 354 g/mol. The zero-order valence-electron chi connectivity index (χ0n) is 12.0. The summed E-state index contributed by atoms with van der Waals surface area (Å²) in [5.41, 5.74) is 0.918. The van der Waals surface area contributed by atoms with E-state index in [0.717, 1.165) is 4.31 Å². The van der Waals surface area contributed by atoms with Gasteiger partial charge in [0.1, 0.15) is 4.90 Å². The second kappa shape index (κ2) is 6.96. The fourth-order valence-corrected chi connectivity index (χ4v) is 4.54. The van der Waals surface area contributed by atoms with E-state index in [-0.39, 0.29) is 29.4 Å². The zero-order valence-corrected chi connectivity index (χ0v) is 14.3. The van der Waals surface area contributed by atoms with Crippen LogP contribution in [0.15, 0.2) is 11.0 Å². The Hall–Kier alpha value is -0.820. The molecule has 1 N–H and O–H groups in total. The number of benzene rings is 1. The number of nitrogens with zero attached hydrogens (tertiary/aromatic N) is 1. The van der Waals surface area contributed by atoms with Gasteiger partial charge in [-0.05, 0) is 31.0 Å². The van der Waals surface area contributed by atoms with Crippen molar-refractivity contribution in [3.8, 4) is 0 Å². The molecule has 0 aromatic heterocycles. The molecule has 21 heavy (non-hydrogen) atoms. The Morgan fingerprint density at radius 2 is 1.90 bits per heavy atom. The number of halogens is 2. The van der Waals surface area contributed by atoms with Crippen LogP contribution >= 0.6 is 23.2 Å². The molecule has 0 atom stereocenters. The van der Waals surface area contributed by atoms with Gasteiger partial charge in [-0.25, -0.2) is 8.42 Å². The third kappa shape index (κ3) is 3.88. The van der Waals surface area contributed by atoms with Crippen molar-refractivity contribution in [3.05, 3.63) is 27.2 Å². The zero-order chi connectivity index (χ0) is 16.4. The van der Waals surface area contributed by atoms with E-state index in [2.05, 4.69) is 0 Å². The van der Waals surface area contributed by atoms with Gasteiger partial charge >= 0.3 is 5.97 Å². The number of carboxylic acids is 1. The largest absolute Gasteiger partial charge is 0.481 e. The Bertz CT molecular complexity index is 632. The first-order valence-corrected chi connectivity index (χ1v) is 8.49. The molecule has 0 aliphatic rings. The van der Waals surface area contributed by atoms with E-state index in [0.29, 0.717) is 16.1 Å². The molecule has 0 spiro atoms. The molecule has 0 amide bonds. The number of carboxylic acid groups (broad SMARTS) is 1. The summed E-state index contributed by atoms with van der Waals surface area (Å²) in [6, 6.07) is 1.60. The van der Waals surface area contributed by atoms with Gasteiger partial charge in [-0.3, -0.25) is 4.79 Å². The highest BCUT2D eigenvalue weighted by atomic mass is 35.5. The smallest absolute Gasteiger partial charge is 0.304 e. The topological polar surface area (TPSA) is 74.7 Å². The van der Waals surface area contributed by atoms with Crippen molar-refractivity contribution in [2.75, 3.05) is 13.1 Å². The van der Waals surface area contributed by atoms with E-state index in [1.54, 1.807) is 26.8 Å². The summed E-state index contributed by atoms with van der Waals surface area (Å²) in [4.78, 5) is 10.6. The molecule has 1 aromatic carbocycles. The predicted octanol–water partition coefficient (Wildman–Crippen LogP) is 3.10. The number of aryl methyl sites for hydroxylation is 1. The van der Waals surface area contributed by atoms with E-state index < -0.39 is 16.0 Å². The van der Waals surface area contributed by atoms with Crippen molar-refractivity contribution in [2.45, 2.75) is 32.1 Å². The lowest BCUT2D eigenvalue weighted by molar-refractivity contribution is -0.137. The first-order valence-electron chi connectivity index (χ1n) is 6.30. The van der Waals surface area contributed by atoms with Gasteiger partial charge in [0.05, 0.1) is 11.4 Å². The molecular formula is C13H17Cl2NO4S. The van der Waals surface area contributed by atoms with Crippen molar-refractivity contribution < 1.29 is 18.3 Å². The molecule has 118 valence electrons. The normalized spacial score (nSPS) is 11.9. The number of hydrogen-bond donors (Lipinski definition) is 1. The van der Waals surface area contributed by atoms with Crippen LogP contribution in [0.4, 0.5) is 0 Å². The van der Waals surface area contributed by atoms with E-state index in [1.807, 2.05) is 0 Å². The molecule has 8 heteroatoms. The van der Waals surface area contributed by atoms with Crippen molar-refractivity contribution in [1.29, 1.82) is 0 Å². The molecule has 0 saturated heterocycles. The highest BCUT2D eigenvalue weighted by Crippen LogP contribution is 2.35. The summed E-state index contributed by atoms with van der Waals surface area (Å²) in [6.07, 6.45) is -0.275. The lowest BCUT2D eigenvalue weighted by Gasteiger charge is -2.22. The van der Waals surface area contributed by atoms with Crippen LogP contribution in [0, 0.1) is 13.8 Å². The Morgan fingerprint density at radius 1 is 1.33 bits per heavy atom. The molecule has 0 radical (unpaired) electrons. The Balaban J connectivity index is 3.39. The summed E-state index contributed by atoms with van der Waals surface area (Å²) in [5.74, 6) is -1.06. The van der Waals surface area contributed by atoms with Crippen LogP contribution in [-0.2, 0) is 14.8 Å². The predicted molar refractivity (Wildman–Crippen MR) is 82.6 cm³/mol. The van der Waals surface area contributed by atoms with Crippen molar-refractivity contribution in [2.24, 2.45) is 0 Å². The van der Waals surface area contributed by atoms with Crippen LogP contribution in [-0.4, -0.2) is 36.9 Å². The maximum absolute atomic E-state index is 12.7. The second-order valence-electron chi connectivity index (χ2n) is 4.58. The maximum atomic E-state index is 12.7. The second-order valence-corrected chi connectivity index (χ2v) is 7.24. The van der Waals surface area contributed by atoms with E-state index >= 15 is 0 Å². The van der Waals surface area contributed by atoms with Crippen LogP contribution in [0.3, 0.4) is 0 Å². The molecule has 0 bridgehead atoms. The lowest BCUT2D eigenvalue weighted by Crippen LogP contribution is -2.33. The number of sulfonamides is 1. The van der Waals surface area contributed by atoms with Crippen molar-refractivity contribution in [1.82, 2.24) is 4.31 Å². The molecule has 0 aliphatic carbocycles. The van der Waals surface area contributed by atoms with Gasteiger partial charge in [0.25, 0.3) is 0 Å². The summed E-state index contributed by atoms with van der Waals surface area (Å²) < 4.78 is 26.5. The third-order valence-corrected chi connectivity index (χ3v) is 6.25. The van der Waals surface area contributed by atoms with Gasteiger partial charge < -0.3 is 5.11 Å². The van der Waals surface area contributed by atoms with Crippen molar-refractivity contribution in [3.63, 3.8) is 0 Å². The molecule has 0 saturated carbocycles. The van der Waals surface area contributed by atoms with Crippen LogP contribution in [0.1, 0.15) is 24.5 Å². The first kappa shape index (κ1) is 18.2. The minimum absolute atomic E-state index is 0.0543. The quantitative estimate of drug-likeness (QED) is 0.852. The minimum Gasteiger partial charge on any atom is -0.481 e. The molecule has 0 aliphatic heterocycles. The number of aliphatic carboxylic acids is 1. The van der Waals surface area contributed by atoms with E-state index in [4.69, 9.17) is 28.3 Å². The number of rotatable bonds is 6. The average Bonchev–Trinajstić information content (AvgIpc) is 2.36. The van der Waals surface area contributed by atoms with Gasteiger partial charge in [-0.1, -0.05) is 30.1 Å². The van der Waals surface area contributed by atoms with Crippen LogP contribution in [0.2, 0.25) is 10.0 Å². The molecule has 0 unspecified atom stereocenters. The summed E-state index contributed by atoms with van der Waals surface area (Å²) >= 11 is 12.2. The van der Waals surface area contributed by atoms with Gasteiger partial charge in [0.2, 0.25) is 10.0 Å². The van der Waals surface area contributed by atoms with E-state index in [1.165, 1.54) is 0 Å². The molecule has 1 aromatic rings. The van der Waals surface area contributed by atoms with Gasteiger partial charge in [0, 0.05) is 18.1 Å². The summed E-state index contributed by atoms with van der Waals surface area (Å²) in [6.45, 7) is 4.91. The highest BCUT2D eigenvalue weighted by Gasteiger charge is 2.29. The standard InChI is InChI=1S/C13H17Cl2NO4S/c1-4-16(6-5-11(17)18)21(19,20)13-9(3)10(14)7-8(2)12(13)15/h7H,4-6H2,1-3H3,(H,17,18). The SMILES string of the molecule is CCN(CCC(=O)O)S(=O)(=O)c1c(C)c(Cl)cc(C)c1Cl. The number of hydrogen-bond acceptors (Lipinski definition) is 3. The van der Waals surface area contributed by atoms with Crippen LogP contribution in [0.25, 0.3) is 0 Å². The van der Waals surface area contributed by atoms with Gasteiger partial charge in [-0.15, -0.1) is 0 Å². The maximum Gasteiger partial charge on any atom is 0.304 e. The number of carbonyl (C=O) groups is 1. The van der Waals surface area contributed by atoms with Crippen LogP contribution < -0.4 is 0 Å². The Morgan fingerprint density at radius 3 is 2.38 bits per heavy atom. The Kier molecular flexibility index (Phi) is 6.04. The van der Waals surface area contributed by atoms with Gasteiger partial charge in [0.15, 0.2) is 0 Å². The minimum atomic E-state index is -3.90. The fraction of sp³-hybridized carbons (Fsp3) is 0.462. The summed E-state index contributed by atoms with van der Waals surface area (Å²) in [5, 5.41) is 9.15. The molecule has 0 fully saturated rings. The Labute approximate surface area is 134 Å². The molecule has 0 heterocycles. The third-order valence-electron chi connectivity index (χ3n) is 3.11. The highest BCUT2D eigenvalue weighted by molar-refractivity contribution is 7.89.